The number of ether oxygens (including phenoxy) is 2. The van der Waals surface area contributed by atoms with E-state index >= 15 is 0 Å². The molecule has 23 heavy (non-hydrogen) atoms. The summed E-state index contributed by atoms with van der Waals surface area (Å²) >= 11 is 6.21. The molecular formula is C14H17Cl2F3N2O2. The van der Waals surface area contributed by atoms with Crippen molar-refractivity contribution in [1.82, 2.24) is 10.2 Å². The molecule has 1 aromatic rings. The number of rotatable bonds is 3. The maximum absolute atomic E-state index is 13.0. The zero-order valence-corrected chi connectivity index (χ0v) is 13.7. The molecule has 4 nitrogen and oxygen atoms in total. The van der Waals surface area contributed by atoms with E-state index in [1.54, 1.807) is 6.07 Å². The molecule has 2 aliphatic heterocycles. The van der Waals surface area contributed by atoms with E-state index in [1.165, 1.54) is 6.07 Å². The molecule has 0 unspecified atom stereocenters. The third-order valence-corrected chi connectivity index (χ3v) is 4.20. The largest absolute Gasteiger partial charge is 0.454 e. The number of fused-ring (bicyclic) bond motifs is 1. The predicted octanol–water partition coefficient (Wildman–Crippen LogP) is 3.39. The van der Waals surface area contributed by atoms with Gasteiger partial charge in [-0.15, -0.1) is 12.4 Å². The molecule has 0 spiro atoms. The van der Waals surface area contributed by atoms with E-state index in [4.69, 9.17) is 21.1 Å². The molecule has 2 aliphatic rings. The van der Waals surface area contributed by atoms with Gasteiger partial charge >= 0.3 is 6.18 Å². The van der Waals surface area contributed by atoms with Gasteiger partial charge in [-0.1, -0.05) is 11.6 Å². The first kappa shape index (κ1) is 18.4. The van der Waals surface area contributed by atoms with Crippen LogP contribution in [0.5, 0.6) is 11.5 Å². The Morgan fingerprint density at radius 2 is 1.78 bits per heavy atom. The van der Waals surface area contributed by atoms with Gasteiger partial charge in [-0.05, 0) is 11.6 Å². The van der Waals surface area contributed by atoms with Crippen LogP contribution in [0, 0.1) is 0 Å². The Kier molecular flexibility index (Phi) is 5.89. The van der Waals surface area contributed by atoms with Crippen molar-refractivity contribution >= 4 is 24.0 Å². The standard InChI is InChI=1S/C14H16ClF3N2O2.ClH/c15-10-6-13-12(21-8-22-13)5-9(10)11(7-14(16,17)18)20-3-1-19-2-4-20;/h5-6,11,19H,1-4,7-8H2;1H/t11-;/m1./s1. The Balaban J connectivity index is 0.00000192. The van der Waals surface area contributed by atoms with Crippen molar-refractivity contribution in [2.75, 3.05) is 33.0 Å². The molecule has 9 heteroatoms. The third kappa shape index (κ3) is 4.35. The van der Waals surface area contributed by atoms with E-state index in [1.807, 2.05) is 4.90 Å². The fourth-order valence-electron chi connectivity index (χ4n) is 2.84. The molecule has 0 saturated carbocycles. The van der Waals surface area contributed by atoms with Crippen LogP contribution in [0.15, 0.2) is 12.1 Å². The number of alkyl halides is 3. The fourth-order valence-corrected chi connectivity index (χ4v) is 3.12. The third-order valence-electron chi connectivity index (χ3n) is 3.87. The highest BCUT2D eigenvalue weighted by molar-refractivity contribution is 6.31. The van der Waals surface area contributed by atoms with Crippen LogP contribution < -0.4 is 14.8 Å². The summed E-state index contributed by atoms with van der Waals surface area (Å²) in [6.45, 7) is 2.48. The molecule has 1 fully saturated rings. The fraction of sp³-hybridized carbons (Fsp3) is 0.571. The minimum absolute atomic E-state index is 0. The quantitative estimate of drug-likeness (QED) is 0.881. The SMILES string of the molecule is Cl.FC(F)(F)C[C@H](c1cc2c(cc1Cl)OCO2)N1CCNCC1. The minimum Gasteiger partial charge on any atom is -0.454 e. The van der Waals surface area contributed by atoms with Crippen molar-refractivity contribution in [3.63, 3.8) is 0 Å². The zero-order valence-electron chi connectivity index (χ0n) is 12.2. The first-order valence-corrected chi connectivity index (χ1v) is 7.42. The van der Waals surface area contributed by atoms with Crippen LogP contribution >= 0.6 is 24.0 Å². The number of piperazine rings is 1. The smallest absolute Gasteiger partial charge is 0.390 e. The lowest BCUT2D eigenvalue weighted by Crippen LogP contribution is -2.46. The molecule has 2 heterocycles. The Hall–Kier alpha value is -0.890. The van der Waals surface area contributed by atoms with E-state index in [9.17, 15) is 13.2 Å². The maximum Gasteiger partial charge on any atom is 0.390 e. The van der Waals surface area contributed by atoms with Crippen molar-refractivity contribution in [2.24, 2.45) is 0 Å². The molecule has 1 aromatic carbocycles. The van der Waals surface area contributed by atoms with E-state index < -0.39 is 18.6 Å². The molecule has 0 radical (unpaired) electrons. The second kappa shape index (κ2) is 7.34. The average molecular weight is 373 g/mol. The molecule has 1 N–H and O–H groups in total. The Morgan fingerprint density at radius 3 is 2.39 bits per heavy atom. The lowest BCUT2D eigenvalue weighted by molar-refractivity contribution is -0.148. The summed E-state index contributed by atoms with van der Waals surface area (Å²) in [5.41, 5.74) is 0.435. The number of halogens is 5. The maximum atomic E-state index is 13.0. The molecule has 130 valence electrons. The van der Waals surface area contributed by atoms with Crippen molar-refractivity contribution < 1.29 is 22.6 Å². The second-order valence-electron chi connectivity index (χ2n) is 5.35. The minimum atomic E-state index is -4.27. The molecule has 3 rings (SSSR count). The number of nitrogens with one attached hydrogen (secondary N) is 1. The summed E-state index contributed by atoms with van der Waals surface area (Å²) < 4.78 is 49.5. The summed E-state index contributed by atoms with van der Waals surface area (Å²) in [7, 11) is 0. The van der Waals surface area contributed by atoms with Crippen LogP contribution in [0.2, 0.25) is 5.02 Å². The van der Waals surface area contributed by atoms with E-state index in [2.05, 4.69) is 5.32 Å². The highest BCUT2D eigenvalue weighted by Gasteiger charge is 2.37. The summed E-state index contributed by atoms with van der Waals surface area (Å²) in [5.74, 6) is 0.918. The molecular weight excluding hydrogens is 356 g/mol. The van der Waals surface area contributed by atoms with Crippen LogP contribution in [-0.4, -0.2) is 44.0 Å². The van der Waals surface area contributed by atoms with Gasteiger partial charge < -0.3 is 14.8 Å². The lowest BCUT2D eigenvalue weighted by Gasteiger charge is -2.36. The van der Waals surface area contributed by atoms with E-state index in [-0.39, 0.29) is 24.2 Å². The predicted molar refractivity (Wildman–Crippen MR) is 82.7 cm³/mol. The van der Waals surface area contributed by atoms with Gasteiger partial charge in [0.2, 0.25) is 6.79 Å². The number of nitrogens with zero attached hydrogens (tertiary/aromatic N) is 1. The first-order chi connectivity index (χ1) is 10.4. The van der Waals surface area contributed by atoms with Crippen LogP contribution in [0.4, 0.5) is 13.2 Å². The highest BCUT2D eigenvalue weighted by Crippen LogP contribution is 2.43. The Morgan fingerprint density at radius 1 is 1.17 bits per heavy atom. The topological polar surface area (TPSA) is 33.7 Å². The summed E-state index contributed by atoms with van der Waals surface area (Å²) in [6, 6.07) is 2.29. The van der Waals surface area contributed by atoms with Crippen LogP contribution in [0.1, 0.15) is 18.0 Å². The molecule has 1 saturated heterocycles. The van der Waals surface area contributed by atoms with Crippen molar-refractivity contribution in [3.05, 3.63) is 22.7 Å². The lowest BCUT2D eigenvalue weighted by atomic mass is 10.00. The van der Waals surface area contributed by atoms with Crippen molar-refractivity contribution in [2.45, 2.75) is 18.6 Å². The summed E-state index contributed by atoms with van der Waals surface area (Å²) in [4.78, 5) is 1.81. The van der Waals surface area contributed by atoms with Crippen LogP contribution in [0.25, 0.3) is 0 Å². The van der Waals surface area contributed by atoms with Gasteiger partial charge in [0.15, 0.2) is 11.5 Å². The van der Waals surface area contributed by atoms with Gasteiger partial charge in [0, 0.05) is 43.3 Å². The van der Waals surface area contributed by atoms with Gasteiger partial charge in [-0.25, -0.2) is 0 Å². The van der Waals surface area contributed by atoms with Crippen molar-refractivity contribution in [3.8, 4) is 11.5 Å². The van der Waals surface area contributed by atoms with Gasteiger partial charge in [0.25, 0.3) is 0 Å². The van der Waals surface area contributed by atoms with E-state index in [0.29, 0.717) is 43.2 Å². The first-order valence-electron chi connectivity index (χ1n) is 7.04. The average Bonchev–Trinajstić information content (AvgIpc) is 2.91. The van der Waals surface area contributed by atoms with Crippen molar-refractivity contribution in [1.29, 1.82) is 0 Å². The van der Waals surface area contributed by atoms with Crippen LogP contribution in [0.3, 0.4) is 0 Å². The van der Waals surface area contributed by atoms with E-state index in [0.717, 1.165) is 0 Å². The molecule has 0 amide bonds. The van der Waals surface area contributed by atoms with Crippen LogP contribution in [-0.2, 0) is 0 Å². The molecule has 0 aliphatic carbocycles. The Labute approximate surface area is 143 Å². The molecule has 0 aromatic heterocycles. The molecule has 0 bridgehead atoms. The normalized spacial score (nSPS) is 19.3. The number of hydrogen-bond donors (Lipinski definition) is 1. The van der Waals surface area contributed by atoms with Gasteiger partial charge in [0.05, 0.1) is 6.42 Å². The molecule has 1 atom stereocenters. The summed E-state index contributed by atoms with van der Waals surface area (Å²) in [6.07, 6.45) is -5.21. The number of benzene rings is 1. The monoisotopic (exact) mass is 372 g/mol. The van der Waals surface area contributed by atoms with Gasteiger partial charge in [-0.2, -0.15) is 13.2 Å². The van der Waals surface area contributed by atoms with Gasteiger partial charge in [0.1, 0.15) is 0 Å². The van der Waals surface area contributed by atoms with Gasteiger partial charge in [-0.3, -0.25) is 4.90 Å². The summed E-state index contributed by atoms with van der Waals surface area (Å²) in [5, 5.41) is 3.41. The zero-order chi connectivity index (χ0) is 15.7. The second-order valence-corrected chi connectivity index (χ2v) is 5.76. The highest BCUT2D eigenvalue weighted by atomic mass is 35.5. The number of hydrogen-bond acceptors (Lipinski definition) is 4. The Bertz CT molecular complexity index is 552.